The van der Waals surface area contributed by atoms with E-state index < -0.39 is 11.9 Å². The monoisotopic (exact) mass is 679 g/mol. The minimum absolute atomic E-state index is 0.218. The molecule has 0 aliphatic heterocycles. The number of rotatable bonds is 9. The molecule has 0 spiro atoms. The molecule has 1 amide bonds. The summed E-state index contributed by atoms with van der Waals surface area (Å²) in [7, 11) is 1.56. The van der Waals surface area contributed by atoms with Gasteiger partial charge in [0.2, 0.25) is 0 Å². The molecule has 0 unspecified atom stereocenters. The van der Waals surface area contributed by atoms with E-state index in [2.05, 4.69) is 31.4 Å². The molecule has 8 nitrogen and oxygen atoms in total. The van der Waals surface area contributed by atoms with E-state index in [1.165, 1.54) is 6.21 Å². The molecule has 0 aliphatic carbocycles. The SMILES string of the molecule is CCOc1cc(C=NNC(=O)c2[nH]c3c(OC)ccc(Br)c3c2-c2ccccc2Cl)ccc1OC(=O)c1ccccc1Cl. The molecule has 0 saturated heterocycles. The van der Waals surface area contributed by atoms with Crippen molar-refractivity contribution in [3.05, 3.63) is 110 Å². The van der Waals surface area contributed by atoms with Crippen LogP contribution in [0.2, 0.25) is 10.0 Å². The number of benzene rings is 4. The van der Waals surface area contributed by atoms with Gasteiger partial charge >= 0.3 is 5.97 Å². The van der Waals surface area contributed by atoms with Crippen LogP contribution in [0.15, 0.2) is 88.4 Å². The number of amides is 1. The van der Waals surface area contributed by atoms with E-state index in [1.807, 2.05) is 31.2 Å². The molecule has 2 N–H and O–H groups in total. The number of nitrogens with zero attached hydrogens (tertiary/aromatic N) is 1. The first kappa shape index (κ1) is 30.2. The largest absolute Gasteiger partial charge is 0.495 e. The molecule has 0 aliphatic rings. The molecule has 218 valence electrons. The average Bonchev–Trinajstić information content (AvgIpc) is 3.41. The van der Waals surface area contributed by atoms with Crippen molar-refractivity contribution in [2.24, 2.45) is 5.10 Å². The zero-order chi connectivity index (χ0) is 30.5. The molecule has 1 heterocycles. The summed E-state index contributed by atoms with van der Waals surface area (Å²) >= 11 is 16.3. The molecule has 0 radical (unpaired) electrons. The van der Waals surface area contributed by atoms with Crippen LogP contribution in [0.5, 0.6) is 17.2 Å². The van der Waals surface area contributed by atoms with Crippen molar-refractivity contribution in [3.8, 4) is 28.4 Å². The second-order valence-electron chi connectivity index (χ2n) is 9.06. The zero-order valence-electron chi connectivity index (χ0n) is 22.9. The molecular formula is C32H24BrCl2N3O5. The highest BCUT2D eigenvalue weighted by Gasteiger charge is 2.24. The first-order chi connectivity index (χ1) is 20.8. The molecule has 0 atom stereocenters. The number of carbonyl (C=O) groups excluding carboxylic acids is 2. The summed E-state index contributed by atoms with van der Waals surface area (Å²) in [6, 6.07) is 22.4. The van der Waals surface area contributed by atoms with Crippen molar-refractivity contribution in [1.29, 1.82) is 0 Å². The minimum Gasteiger partial charge on any atom is -0.495 e. The lowest BCUT2D eigenvalue weighted by molar-refractivity contribution is 0.0728. The van der Waals surface area contributed by atoms with Crippen molar-refractivity contribution < 1.29 is 23.8 Å². The number of aromatic nitrogens is 1. The average molecular weight is 681 g/mol. The van der Waals surface area contributed by atoms with Crippen LogP contribution in [0, 0.1) is 0 Å². The highest BCUT2D eigenvalue weighted by molar-refractivity contribution is 9.10. The predicted molar refractivity (Wildman–Crippen MR) is 172 cm³/mol. The molecular weight excluding hydrogens is 657 g/mol. The topological polar surface area (TPSA) is 102 Å². The molecule has 5 aromatic rings. The molecule has 0 bridgehead atoms. The number of aromatic amines is 1. The molecule has 11 heteroatoms. The van der Waals surface area contributed by atoms with Gasteiger partial charge in [0.1, 0.15) is 11.4 Å². The van der Waals surface area contributed by atoms with Gasteiger partial charge in [0.15, 0.2) is 11.5 Å². The molecule has 0 fully saturated rings. The number of fused-ring (bicyclic) bond motifs is 1. The van der Waals surface area contributed by atoms with Crippen molar-refractivity contribution >= 4 is 68.1 Å². The number of hydrazone groups is 1. The Bertz CT molecular complexity index is 1870. The lowest BCUT2D eigenvalue weighted by atomic mass is 10.0. The first-order valence-corrected chi connectivity index (χ1v) is 14.6. The second kappa shape index (κ2) is 13.3. The Balaban J connectivity index is 1.42. The summed E-state index contributed by atoms with van der Waals surface area (Å²) < 4.78 is 17.5. The van der Waals surface area contributed by atoms with Crippen molar-refractivity contribution in [2.45, 2.75) is 6.92 Å². The molecule has 5 rings (SSSR count). The Morgan fingerprint density at radius 3 is 2.40 bits per heavy atom. The highest BCUT2D eigenvalue weighted by atomic mass is 79.9. The van der Waals surface area contributed by atoms with E-state index in [1.54, 1.807) is 61.7 Å². The fourth-order valence-electron chi connectivity index (χ4n) is 4.47. The van der Waals surface area contributed by atoms with Crippen LogP contribution >= 0.6 is 39.1 Å². The van der Waals surface area contributed by atoms with Gasteiger partial charge in [0.05, 0.1) is 36.0 Å². The fourth-order valence-corrected chi connectivity index (χ4v) is 5.45. The van der Waals surface area contributed by atoms with E-state index in [4.69, 9.17) is 37.4 Å². The lowest BCUT2D eigenvalue weighted by Crippen LogP contribution is -2.19. The first-order valence-electron chi connectivity index (χ1n) is 13.0. The van der Waals surface area contributed by atoms with Gasteiger partial charge in [-0.2, -0.15) is 5.10 Å². The number of H-pyrrole nitrogens is 1. The van der Waals surface area contributed by atoms with Gasteiger partial charge in [0.25, 0.3) is 5.91 Å². The van der Waals surface area contributed by atoms with Crippen LogP contribution in [0.4, 0.5) is 0 Å². The fraction of sp³-hybridized carbons (Fsp3) is 0.0938. The Morgan fingerprint density at radius 2 is 1.67 bits per heavy atom. The quantitative estimate of drug-likeness (QED) is 0.0706. The van der Waals surface area contributed by atoms with Crippen LogP contribution in [-0.4, -0.2) is 36.8 Å². The van der Waals surface area contributed by atoms with Gasteiger partial charge in [-0.1, -0.05) is 69.5 Å². The van der Waals surface area contributed by atoms with Gasteiger partial charge in [-0.25, -0.2) is 10.2 Å². The van der Waals surface area contributed by atoms with E-state index >= 15 is 0 Å². The van der Waals surface area contributed by atoms with E-state index in [0.717, 1.165) is 9.86 Å². The summed E-state index contributed by atoms with van der Waals surface area (Å²) in [6.45, 7) is 2.14. The van der Waals surface area contributed by atoms with E-state index in [-0.39, 0.29) is 22.0 Å². The van der Waals surface area contributed by atoms with Crippen molar-refractivity contribution in [2.75, 3.05) is 13.7 Å². The predicted octanol–water partition coefficient (Wildman–Crippen LogP) is 8.29. The standard InChI is InChI=1S/C32H24BrCl2N3O5/c1-3-42-26-16-18(12-14-24(26)43-32(40)20-9-5-7-11-23(20)35)17-36-38-31(39)30-27(19-8-4-6-10-22(19)34)28-21(33)13-15-25(41-2)29(28)37-30/h4-17,37H,3H2,1-2H3,(H,38,39). The van der Waals surface area contributed by atoms with E-state index in [0.29, 0.717) is 45.3 Å². The smallest absolute Gasteiger partial charge is 0.345 e. The van der Waals surface area contributed by atoms with Crippen LogP contribution in [0.1, 0.15) is 33.3 Å². The molecule has 0 saturated carbocycles. The maximum Gasteiger partial charge on any atom is 0.345 e. The summed E-state index contributed by atoms with van der Waals surface area (Å²) in [5.74, 6) is -0.00248. The number of carbonyl (C=O) groups is 2. The van der Waals surface area contributed by atoms with E-state index in [9.17, 15) is 9.59 Å². The third-order valence-corrected chi connectivity index (χ3v) is 7.72. The third-order valence-electron chi connectivity index (χ3n) is 6.40. The van der Waals surface area contributed by atoms with Crippen LogP contribution in [0.3, 0.4) is 0 Å². The number of hydrogen-bond donors (Lipinski definition) is 2. The van der Waals surface area contributed by atoms with Gasteiger partial charge in [-0.05, 0) is 61.0 Å². The van der Waals surface area contributed by atoms with Crippen molar-refractivity contribution in [3.63, 3.8) is 0 Å². The third kappa shape index (κ3) is 6.39. The van der Waals surface area contributed by atoms with Crippen molar-refractivity contribution in [1.82, 2.24) is 10.4 Å². The number of nitrogens with one attached hydrogen (secondary N) is 2. The summed E-state index contributed by atoms with van der Waals surface area (Å²) in [6.07, 6.45) is 1.45. The van der Waals surface area contributed by atoms with Gasteiger partial charge in [-0.15, -0.1) is 0 Å². The van der Waals surface area contributed by atoms with Crippen LogP contribution in [-0.2, 0) is 0 Å². The number of halogens is 3. The minimum atomic E-state index is -0.615. The van der Waals surface area contributed by atoms with Gasteiger partial charge in [0, 0.05) is 26.0 Å². The molecule has 1 aromatic heterocycles. The Kier molecular flexibility index (Phi) is 9.35. The second-order valence-corrected chi connectivity index (χ2v) is 10.7. The number of hydrogen-bond acceptors (Lipinski definition) is 6. The lowest BCUT2D eigenvalue weighted by Gasteiger charge is -2.12. The maximum atomic E-state index is 13.5. The molecule has 4 aromatic carbocycles. The Labute approximate surface area is 265 Å². The normalized spacial score (nSPS) is 11.1. The van der Waals surface area contributed by atoms with Gasteiger partial charge in [-0.3, -0.25) is 4.79 Å². The Hall–Kier alpha value is -4.31. The zero-order valence-corrected chi connectivity index (χ0v) is 26.0. The Morgan fingerprint density at radius 1 is 0.953 bits per heavy atom. The van der Waals surface area contributed by atoms with Crippen LogP contribution in [0.25, 0.3) is 22.0 Å². The van der Waals surface area contributed by atoms with Crippen LogP contribution < -0.4 is 19.6 Å². The highest BCUT2D eigenvalue weighted by Crippen LogP contribution is 2.43. The summed E-state index contributed by atoms with van der Waals surface area (Å²) in [5, 5.41) is 5.66. The number of esters is 1. The molecule has 43 heavy (non-hydrogen) atoms. The van der Waals surface area contributed by atoms with Gasteiger partial charge < -0.3 is 19.2 Å². The maximum absolute atomic E-state index is 13.5. The number of methoxy groups -OCH3 is 1. The summed E-state index contributed by atoms with van der Waals surface area (Å²) in [5.41, 5.74) is 5.55. The number of ether oxygens (including phenoxy) is 3. The summed E-state index contributed by atoms with van der Waals surface area (Å²) in [4.78, 5) is 29.3.